The first-order valence-electron chi connectivity index (χ1n) is 15.2. The highest BCUT2D eigenvalue weighted by Crippen LogP contribution is 2.30. The summed E-state index contributed by atoms with van der Waals surface area (Å²) in [5, 5.41) is 34.4. The van der Waals surface area contributed by atoms with Crippen LogP contribution in [0.25, 0.3) is 0 Å². The van der Waals surface area contributed by atoms with Gasteiger partial charge in [-0.05, 0) is 36.8 Å². The molecule has 5 nitrogen and oxygen atoms in total. The standard InChI is InChI=1S/C32H54O5/c1-3-5-7-9-11-13-15-17-19-21-23-26-28(31(34)35)25-29(33)27(30(26)32(36)37)24-22-20-18-16-14-12-10-8-6-4-2/h25,33H,3-24H2,1-2H3,(H,34,35)(H,36,37)/p-2. The molecule has 0 fully saturated rings. The molecular weight excluding hydrogens is 464 g/mol. The van der Waals surface area contributed by atoms with Gasteiger partial charge >= 0.3 is 5.97 Å². The second kappa shape index (κ2) is 21.0. The van der Waals surface area contributed by atoms with E-state index in [1.54, 1.807) is 0 Å². The van der Waals surface area contributed by atoms with Crippen LogP contribution in [0.1, 0.15) is 174 Å². The van der Waals surface area contributed by atoms with Gasteiger partial charge in [0.2, 0.25) is 0 Å². The van der Waals surface area contributed by atoms with Gasteiger partial charge in [-0.1, -0.05) is 135 Å². The van der Waals surface area contributed by atoms with Crippen molar-refractivity contribution in [1.29, 1.82) is 0 Å². The highest BCUT2D eigenvalue weighted by atomic mass is 16.4. The highest BCUT2D eigenvalue weighted by Gasteiger charge is 2.20. The Morgan fingerprint density at radius 2 is 0.973 bits per heavy atom. The molecule has 0 saturated heterocycles. The first-order valence-corrected chi connectivity index (χ1v) is 15.2. The normalized spacial score (nSPS) is 11.2. The third kappa shape index (κ3) is 13.9. The molecule has 1 aromatic carbocycles. The van der Waals surface area contributed by atoms with Crippen LogP contribution in [0.5, 0.6) is 5.75 Å². The average molecular weight is 517 g/mol. The summed E-state index contributed by atoms with van der Waals surface area (Å²) in [6.45, 7) is 4.43. The summed E-state index contributed by atoms with van der Waals surface area (Å²) >= 11 is 0. The van der Waals surface area contributed by atoms with Gasteiger partial charge in [0, 0.05) is 5.56 Å². The second-order valence-corrected chi connectivity index (χ2v) is 10.7. The van der Waals surface area contributed by atoms with Crippen molar-refractivity contribution in [3.05, 3.63) is 28.3 Å². The van der Waals surface area contributed by atoms with Crippen molar-refractivity contribution in [3.8, 4) is 5.75 Å². The Morgan fingerprint density at radius 3 is 1.32 bits per heavy atom. The molecule has 0 amide bonds. The van der Waals surface area contributed by atoms with E-state index in [4.69, 9.17) is 0 Å². The Bertz CT molecular complexity index is 771. The fraction of sp³-hybridized carbons (Fsp3) is 0.750. The first-order chi connectivity index (χ1) is 17.9. The third-order valence-electron chi connectivity index (χ3n) is 7.50. The second-order valence-electron chi connectivity index (χ2n) is 10.7. The topological polar surface area (TPSA) is 100 Å². The molecule has 1 aromatic rings. The van der Waals surface area contributed by atoms with Crippen LogP contribution >= 0.6 is 0 Å². The quantitative estimate of drug-likeness (QED) is 0.142. The van der Waals surface area contributed by atoms with Crippen LogP contribution in [0.3, 0.4) is 0 Å². The Kier molecular flexibility index (Phi) is 18.7. The van der Waals surface area contributed by atoms with Crippen LogP contribution in [0, 0.1) is 0 Å². The van der Waals surface area contributed by atoms with Gasteiger partial charge in [0.1, 0.15) is 0 Å². The summed E-state index contributed by atoms with van der Waals surface area (Å²) in [6.07, 6.45) is 23.8. The maximum absolute atomic E-state index is 12.7. The Labute approximate surface area is 226 Å². The molecule has 0 radical (unpaired) electrons. The lowest BCUT2D eigenvalue weighted by molar-refractivity contribution is -0.270. The molecule has 0 bridgehead atoms. The van der Waals surface area contributed by atoms with E-state index in [0.717, 1.165) is 51.0 Å². The number of carbonyl (C=O) groups excluding carboxylic acids is 1. The van der Waals surface area contributed by atoms with E-state index in [-0.39, 0.29) is 22.3 Å². The smallest absolute Gasteiger partial charge is 0.336 e. The summed E-state index contributed by atoms with van der Waals surface area (Å²) in [5.74, 6) is -3.16. The van der Waals surface area contributed by atoms with Gasteiger partial charge in [-0.2, -0.15) is 0 Å². The molecule has 212 valence electrons. The first kappa shape index (κ1) is 33.0. The van der Waals surface area contributed by atoms with E-state index in [2.05, 4.69) is 13.8 Å². The Hall–Kier alpha value is -2.04. The highest BCUT2D eigenvalue weighted by molar-refractivity contribution is 5.98. The number of rotatable bonds is 24. The van der Waals surface area contributed by atoms with Gasteiger partial charge in [0.25, 0.3) is 0 Å². The van der Waals surface area contributed by atoms with Crippen molar-refractivity contribution in [2.75, 3.05) is 0 Å². The summed E-state index contributed by atoms with van der Waals surface area (Å²) in [7, 11) is 0. The summed E-state index contributed by atoms with van der Waals surface area (Å²) in [5.41, 5.74) is 0.205. The number of carboxylic acids is 2. The van der Waals surface area contributed by atoms with Crippen LogP contribution in [-0.4, -0.2) is 17.0 Å². The molecule has 0 spiro atoms. The predicted octanol–water partition coefficient (Wildman–Crippen LogP) is 7.75. The molecule has 37 heavy (non-hydrogen) atoms. The molecule has 0 aromatic heterocycles. The number of benzene rings is 1. The fourth-order valence-corrected chi connectivity index (χ4v) is 5.27. The van der Waals surface area contributed by atoms with Crippen molar-refractivity contribution in [2.24, 2.45) is 0 Å². The Morgan fingerprint density at radius 1 is 0.622 bits per heavy atom. The molecule has 0 aliphatic heterocycles. The van der Waals surface area contributed by atoms with E-state index in [1.807, 2.05) is 0 Å². The van der Waals surface area contributed by atoms with Gasteiger partial charge in [0.15, 0.2) is 0 Å². The summed E-state index contributed by atoms with van der Waals surface area (Å²) in [4.78, 5) is 23.9. The van der Waals surface area contributed by atoms with Crippen LogP contribution in [0.2, 0.25) is 0 Å². The van der Waals surface area contributed by atoms with Crippen LogP contribution < -0.4 is 10.2 Å². The predicted molar refractivity (Wildman–Crippen MR) is 148 cm³/mol. The lowest BCUT2D eigenvalue weighted by Crippen LogP contribution is -2.26. The van der Waals surface area contributed by atoms with Gasteiger partial charge < -0.3 is 20.1 Å². The van der Waals surface area contributed by atoms with Crippen molar-refractivity contribution in [2.45, 2.75) is 155 Å². The molecule has 0 aliphatic rings. The molecule has 0 saturated carbocycles. The maximum Gasteiger partial charge on any atom is 0.336 e. The molecular formula is C32H52O5-2. The number of hydrogen-bond donors (Lipinski definition) is 1. The number of aromatic carboxylic acids is 2. The van der Waals surface area contributed by atoms with Gasteiger partial charge in [-0.3, -0.25) is 0 Å². The minimum atomic E-state index is -1.47. The minimum Gasteiger partial charge on any atom is -0.872 e. The lowest BCUT2D eigenvalue weighted by atomic mass is 9.88. The molecule has 1 rings (SSSR count). The lowest BCUT2D eigenvalue weighted by Gasteiger charge is -2.23. The van der Waals surface area contributed by atoms with E-state index in [9.17, 15) is 24.9 Å². The van der Waals surface area contributed by atoms with E-state index in [0.29, 0.717) is 19.3 Å². The van der Waals surface area contributed by atoms with Gasteiger partial charge in [-0.25, -0.2) is 4.79 Å². The van der Waals surface area contributed by atoms with Crippen LogP contribution in [0.15, 0.2) is 6.07 Å². The fourth-order valence-electron chi connectivity index (χ4n) is 5.27. The average Bonchev–Trinajstić information content (AvgIpc) is 2.86. The van der Waals surface area contributed by atoms with Crippen molar-refractivity contribution in [1.82, 2.24) is 0 Å². The zero-order valence-corrected chi connectivity index (χ0v) is 23.7. The molecule has 0 heterocycles. The zero-order chi connectivity index (χ0) is 27.3. The molecule has 0 aliphatic carbocycles. The van der Waals surface area contributed by atoms with Crippen molar-refractivity contribution >= 4 is 11.9 Å². The molecule has 1 N–H and O–H groups in total. The Balaban J connectivity index is 2.61. The van der Waals surface area contributed by atoms with Crippen LogP contribution in [-0.2, 0) is 12.8 Å². The van der Waals surface area contributed by atoms with E-state index < -0.39 is 17.7 Å². The van der Waals surface area contributed by atoms with Crippen LogP contribution in [0.4, 0.5) is 0 Å². The zero-order valence-electron chi connectivity index (χ0n) is 23.7. The monoisotopic (exact) mass is 516 g/mol. The van der Waals surface area contributed by atoms with E-state index >= 15 is 0 Å². The van der Waals surface area contributed by atoms with Crippen molar-refractivity contribution in [3.63, 3.8) is 0 Å². The molecule has 5 heteroatoms. The third-order valence-corrected chi connectivity index (χ3v) is 7.50. The number of carbonyl (C=O) groups is 2. The largest absolute Gasteiger partial charge is 0.872 e. The number of carboxylic acid groups (broad SMARTS) is 2. The number of unbranched alkanes of at least 4 members (excludes halogenated alkanes) is 18. The van der Waals surface area contributed by atoms with Crippen molar-refractivity contribution < 1.29 is 24.9 Å². The van der Waals surface area contributed by atoms with E-state index in [1.165, 1.54) is 77.0 Å². The minimum absolute atomic E-state index is 0.0847. The SMILES string of the molecule is CCCCCCCCCCCCc1c([O-])cc(C(=O)[O-])c(CCCCCCCCCCCC)c1C(=O)O. The summed E-state index contributed by atoms with van der Waals surface area (Å²) in [6, 6.07) is 1.10. The molecule has 0 atom stereocenters. The van der Waals surface area contributed by atoms with Gasteiger partial charge in [0.05, 0.1) is 11.5 Å². The van der Waals surface area contributed by atoms with Gasteiger partial charge in [-0.15, -0.1) is 5.75 Å². The molecule has 0 unspecified atom stereocenters. The summed E-state index contributed by atoms with van der Waals surface area (Å²) < 4.78 is 0. The maximum atomic E-state index is 12.7. The number of hydrogen-bond acceptors (Lipinski definition) is 4.